The SMILES string of the molecule is Nc1cccc(-c2cnco2)n1.O=C(O)C(F)(F)F. The van der Waals surface area contributed by atoms with E-state index in [4.69, 9.17) is 20.1 Å². The standard InChI is InChI=1S/C8H7N3O.C2HF3O2/c9-8-3-1-2-6(11-8)7-4-10-5-12-7;3-2(4,5)1(6)7/h1-5H,(H2,9,11);(H,6,7). The fraction of sp³-hybridized carbons (Fsp3) is 0.100. The van der Waals surface area contributed by atoms with Gasteiger partial charge in [0.25, 0.3) is 0 Å². The van der Waals surface area contributed by atoms with Crippen LogP contribution in [0.15, 0.2) is 35.2 Å². The molecule has 0 saturated heterocycles. The summed E-state index contributed by atoms with van der Waals surface area (Å²) >= 11 is 0. The van der Waals surface area contributed by atoms with Crippen LogP contribution < -0.4 is 5.73 Å². The number of nitrogen functional groups attached to an aromatic ring is 1. The maximum Gasteiger partial charge on any atom is 0.490 e. The smallest absolute Gasteiger partial charge is 0.475 e. The van der Waals surface area contributed by atoms with Crippen molar-refractivity contribution in [3.8, 4) is 11.5 Å². The number of nitrogens with two attached hydrogens (primary N) is 1. The number of anilines is 1. The number of carboxylic acids is 1. The Morgan fingerprint density at radius 3 is 2.42 bits per heavy atom. The predicted molar refractivity (Wildman–Crippen MR) is 57.8 cm³/mol. The minimum Gasteiger partial charge on any atom is -0.475 e. The third kappa shape index (κ3) is 4.66. The molecule has 0 atom stereocenters. The van der Waals surface area contributed by atoms with Crippen molar-refractivity contribution in [2.75, 3.05) is 5.73 Å². The highest BCUT2D eigenvalue weighted by molar-refractivity contribution is 5.73. The molecule has 0 radical (unpaired) electrons. The van der Waals surface area contributed by atoms with Crippen LogP contribution in [-0.2, 0) is 4.79 Å². The quantitative estimate of drug-likeness (QED) is 0.824. The second-order valence-corrected chi connectivity index (χ2v) is 3.12. The summed E-state index contributed by atoms with van der Waals surface area (Å²) in [7, 11) is 0. The lowest BCUT2D eigenvalue weighted by atomic mass is 10.3. The Labute approximate surface area is 104 Å². The highest BCUT2D eigenvalue weighted by Gasteiger charge is 2.38. The van der Waals surface area contributed by atoms with Crippen molar-refractivity contribution in [2.24, 2.45) is 0 Å². The normalized spacial score (nSPS) is 10.5. The van der Waals surface area contributed by atoms with E-state index in [-0.39, 0.29) is 0 Å². The summed E-state index contributed by atoms with van der Waals surface area (Å²) in [5, 5.41) is 7.12. The van der Waals surface area contributed by atoms with E-state index in [0.29, 0.717) is 17.3 Å². The van der Waals surface area contributed by atoms with Crippen LogP contribution in [0, 0.1) is 0 Å². The number of oxazole rings is 1. The Morgan fingerprint density at radius 1 is 1.37 bits per heavy atom. The van der Waals surface area contributed by atoms with Gasteiger partial charge < -0.3 is 15.3 Å². The molecular weight excluding hydrogens is 267 g/mol. The minimum absolute atomic E-state index is 0.476. The summed E-state index contributed by atoms with van der Waals surface area (Å²) in [6.07, 6.45) is -2.12. The molecule has 3 N–H and O–H groups in total. The molecule has 2 rings (SSSR count). The summed E-state index contributed by atoms with van der Waals surface area (Å²) in [4.78, 5) is 16.7. The van der Waals surface area contributed by atoms with Crippen LogP contribution in [0.1, 0.15) is 0 Å². The van der Waals surface area contributed by atoms with Gasteiger partial charge in [-0.15, -0.1) is 0 Å². The molecule has 0 unspecified atom stereocenters. The Balaban J connectivity index is 0.000000224. The molecule has 0 aliphatic rings. The molecule has 0 spiro atoms. The van der Waals surface area contributed by atoms with Gasteiger partial charge in [0.1, 0.15) is 11.5 Å². The van der Waals surface area contributed by atoms with Crippen molar-refractivity contribution in [1.82, 2.24) is 9.97 Å². The molecule has 0 aliphatic carbocycles. The number of hydrogen-bond donors (Lipinski definition) is 2. The molecule has 0 amide bonds. The molecule has 0 aromatic carbocycles. The van der Waals surface area contributed by atoms with Crippen LogP contribution in [0.2, 0.25) is 0 Å². The Bertz CT molecular complexity index is 540. The van der Waals surface area contributed by atoms with Crippen molar-refractivity contribution < 1.29 is 27.5 Å². The van der Waals surface area contributed by atoms with E-state index >= 15 is 0 Å². The van der Waals surface area contributed by atoms with E-state index in [1.54, 1.807) is 12.3 Å². The highest BCUT2D eigenvalue weighted by atomic mass is 19.4. The van der Waals surface area contributed by atoms with Crippen molar-refractivity contribution in [2.45, 2.75) is 6.18 Å². The summed E-state index contributed by atoms with van der Waals surface area (Å²) in [6, 6.07) is 5.36. The second-order valence-electron chi connectivity index (χ2n) is 3.12. The van der Waals surface area contributed by atoms with Crippen LogP contribution in [0.25, 0.3) is 11.5 Å². The number of carbonyl (C=O) groups is 1. The average Bonchev–Trinajstić information content (AvgIpc) is 2.81. The molecule has 0 bridgehead atoms. The fourth-order valence-electron chi connectivity index (χ4n) is 0.931. The average molecular weight is 275 g/mol. The lowest BCUT2D eigenvalue weighted by molar-refractivity contribution is -0.192. The zero-order valence-corrected chi connectivity index (χ0v) is 9.26. The van der Waals surface area contributed by atoms with E-state index in [2.05, 4.69) is 9.97 Å². The Kier molecular flexibility index (Phi) is 4.46. The first-order valence-corrected chi connectivity index (χ1v) is 4.72. The minimum atomic E-state index is -5.08. The van der Waals surface area contributed by atoms with Gasteiger partial charge in [-0.2, -0.15) is 13.2 Å². The first-order chi connectivity index (χ1) is 8.80. The third-order valence-corrected chi connectivity index (χ3v) is 1.70. The van der Waals surface area contributed by atoms with Gasteiger partial charge in [-0.25, -0.2) is 14.8 Å². The molecule has 2 aromatic rings. The van der Waals surface area contributed by atoms with E-state index in [1.807, 2.05) is 12.1 Å². The molecule has 0 aliphatic heterocycles. The molecule has 6 nitrogen and oxygen atoms in total. The first-order valence-electron chi connectivity index (χ1n) is 4.72. The van der Waals surface area contributed by atoms with Crippen LogP contribution in [0.4, 0.5) is 19.0 Å². The summed E-state index contributed by atoms with van der Waals surface area (Å²) in [6.45, 7) is 0. The van der Waals surface area contributed by atoms with Gasteiger partial charge in [0.05, 0.1) is 6.20 Å². The second kappa shape index (κ2) is 5.85. The summed E-state index contributed by atoms with van der Waals surface area (Å²) in [5.74, 6) is -1.65. The van der Waals surface area contributed by atoms with Crippen molar-refractivity contribution in [3.05, 3.63) is 30.8 Å². The van der Waals surface area contributed by atoms with Gasteiger partial charge in [0.15, 0.2) is 12.2 Å². The third-order valence-electron chi connectivity index (χ3n) is 1.70. The van der Waals surface area contributed by atoms with E-state index in [1.165, 1.54) is 6.39 Å². The Morgan fingerprint density at radius 2 is 2.00 bits per heavy atom. The Hall–Kier alpha value is -2.58. The number of pyridine rings is 1. The summed E-state index contributed by atoms with van der Waals surface area (Å²) in [5.41, 5.74) is 6.19. The highest BCUT2D eigenvalue weighted by Crippen LogP contribution is 2.16. The van der Waals surface area contributed by atoms with E-state index in [9.17, 15) is 13.2 Å². The predicted octanol–water partition coefficient (Wildman–Crippen LogP) is 1.95. The van der Waals surface area contributed by atoms with Crippen LogP contribution in [-0.4, -0.2) is 27.2 Å². The maximum atomic E-state index is 10.6. The van der Waals surface area contributed by atoms with E-state index < -0.39 is 12.1 Å². The number of halogens is 3. The van der Waals surface area contributed by atoms with Gasteiger partial charge >= 0.3 is 12.1 Å². The summed E-state index contributed by atoms with van der Waals surface area (Å²) < 4.78 is 36.8. The number of aromatic nitrogens is 2. The number of aliphatic carboxylic acids is 1. The largest absolute Gasteiger partial charge is 0.490 e. The van der Waals surface area contributed by atoms with Gasteiger partial charge in [-0.1, -0.05) is 6.07 Å². The van der Waals surface area contributed by atoms with Crippen molar-refractivity contribution in [1.29, 1.82) is 0 Å². The van der Waals surface area contributed by atoms with Crippen LogP contribution in [0.5, 0.6) is 0 Å². The number of nitrogens with zero attached hydrogens (tertiary/aromatic N) is 2. The molecular formula is C10H8F3N3O3. The van der Waals surface area contributed by atoms with Crippen LogP contribution >= 0.6 is 0 Å². The number of alkyl halides is 3. The number of hydrogen-bond acceptors (Lipinski definition) is 5. The molecule has 0 fully saturated rings. The fourth-order valence-corrected chi connectivity index (χ4v) is 0.931. The topological polar surface area (TPSA) is 102 Å². The zero-order valence-electron chi connectivity index (χ0n) is 9.26. The monoisotopic (exact) mass is 275 g/mol. The zero-order chi connectivity index (χ0) is 14.5. The lowest BCUT2D eigenvalue weighted by Gasteiger charge is -1.95. The van der Waals surface area contributed by atoms with Gasteiger partial charge in [0, 0.05) is 0 Å². The molecule has 102 valence electrons. The number of rotatable bonds is 1. The molecule has 2 aromatic heterocycles. The van der Waals surface area contributed by atoms with Crippen molar-refractivity contribution in [3.63, 3.8) is 0 Å². The maximum absolute atomic E-state index is 10.6. The molecule has 0 saturated carbocycles. The molecule has 2 heterocycles. The van der Waals surface area contributed by atoms with Gasteiger partial charge in [-0.3, -0.25) is 0 Å². The van der Waals surface area contributed by atoms with Crippen molar-refractivity contribution >= 4 is 11.8 Å². The number of carboxylic acid groups (broad SMARTS) is 1. The lowest BCUT2D eigenvalue weighted by Crippen LogP contribution is -2.21. The molecule has 9 heteroatoms. The van der Waals surface area contributed by atoms with Gasteiger partial charge in [-0.05, 0) is 12.1 Å². The van der Waals surface area contributed by atoms with E-state index in [0.717, 1.165) is 0 Å². The van der Waals surface area contributed by atoms with Crippen LogP contribution in [0.3, 0.4) is 0 Å². The van der Waals surface area contributed by atoms with Gasteiger partial charge in [0.2, 0.25) is 0 Å². The molecule has 19 heavy (non-hydrogen) atoms. The first kappa shape index (κ1) is 14.5.